The summed E-state index contributed by atoms with van der Waals surface area (Å²) in [4.78, 5) is 4.95. The van der Waals surface area contributed by atoms with E-state index in [1.807, 2.05) is 6.07 Å². The lowest BCUT2D eigenvalue weighted by molar-refractivity contribution is 0.0339. The molecule has 1 fully saturated rings. The van der Waals surface area contributed by atoms with Crippen molar-refractivity contribution in [1.82, 2.24) is 10.3 Å². The summed E-state index contributed by atoms with van der Waals surface area (Å²) in [5.74, 6) is 0.697. The van der Waals surface area contributed by atoms with Gasteiger partial charge in [0.2, 0.25) is 0 Å². The minimum absolute atomic E-state index is 0.550. The SMILES string of the molecule is Nc1cnccc1SCC1(O)CCNCC1. The molecule has 0 aromatic carbocycles. The molecule has 88 valence electrons. The van der Waals surface area contributed by atoms with Crippen LogP contribution >= 0.6 is 11.8 Å². The van der Waals surface area contributed by atoms with Gasteiger partial charge >= 0.3 is 0 Å². The minimum Gasteiger partial charge on any atom is -0.397 e. The Labute approximate surface area is 99.6 Å². The van der Waals surface area contributed by atoms with Crippen LogP contribution < -0.4 is 11.1 Å². The second-order valence-corrected chi connectivity index (χ2v) is 5.19. The van der Waals surface area contributed by atoms with Crippen molar-refractivity contribution < 1.29 is 5.11 Å². The van der Waals surface area contributed by atoms with Crippen molar-refractivity contribution in [2.24, 2.45) is 0 Å². The van der Waals surface area contributed by atoms with E-state index in [0.717, 1.165) is 30.8 Å². The standard InChI is InChI=1S/C11H17N3OS/c12-9-7-14-4-1-10(9)16-8-11(15)2-5-13-6-3-11/h1,4,7,13,15H,2-3,5-6,8,12H2. The van der Waals surface area contributed by atoms with Gasteiger partial charge in [-0.05, 0) is 32.0 Å². The average Bonchev–Trinajstić information content (AvgIpc) is 2.29. The van der Waals surface area contributed by atoms with Crippen LogP contribution in [0.3, 0.4) is 0 Å². The lowest BCUT2D eigenvalue weighted by Gasteiger charge is -2.32. The molecule has 4 nitrogen and oxygen atoms in total. The molecular formula is C11H17N3OS. The van der Waals surface area contributed by atoms with Crippen molar-refractivity contribution in [3.8, 4) is 0 Å². The Bertz CT molecular complexity index is 353. The summed E-state index contributed by atoms with van der Waals surface area (Å²) in [5.41, 5.74) is 5.94. The fourth-order valence-corrected chi connectivity index (χ4v) is 2.86. The Kier molecular flexibility index (Phi) is 3.68. The van der Waals surface area contributed by atoms with E-state index in [9.17, 15) is 5.11 Å². The van der Waals surface area contributed by atoms with Gasteiger partial charge < -0.3 is 16.2 Å². The zero-order chi connectivity index (χ0) is 11.4. The number of aliphatic hydroxyl groups is 1. The number of nitrogens with zero attached hydrogens (tertiary/aromatic N) is 1. The summed E-state index contributed by atoms with van der Waals surface area (Å²) in [7, 11) is 0. The van der Waals surface area contributed by atoms with Gasteiger partial charge in [-0.2, -0.15) is 0 Å². The van der Waals surface area contributed by atoms with Gasteiger partial charge in [0.05, 0.1) is 17.5 Å². The monoisotopic (exact) mass is 239 g/mol. The van der Waals surface area contributed by atoms with Gasteiger partial charge in [0, 0.05) is 16.8 Å². The topological polar surface area (TPSA) is 71.2 Å². The molecule has 0 radical (unpaired) electrons. The van der Waals surface area contributed by atoms with E-state index < -0.39 is 5.60 Å². The highest BCUT2D eigenvalue weighted by Crippen LogP contribution is 2.30. The van der Waals surface area contributed by atoms with Gasteiger partial charge in [0.1, 0.15) is 0 Å². The molecule has 0 spiro atoms. The lowest BCUT2D eigenvalue weighted by Crippen LogP contribution is -2.43. The molecule has 1 saturated heterocycles. The van der Waals surface area contributed by atoms with Crippen LogP contribution in [0.2, 0.25) is 0 Å². The van der Waals surface area contributed by atoms with Crippen molar-refractivity contribution in [1.29, 1.82) is 0 Å². The second-order valence-electron chi connectivity index (χ2n) is 4.18. The van der Waals surface area contributed by atoms with Crippen LogP contribution in [-0.2, 0) is 0 Å². The third-order valence-corrected chi connectivity index (χ3v) is 4.21. The Morgan fingerprint density at radius 1 is 1.50 bits per heavy atom. The highest BCUT2D eigenvalue weighted by molar-refractivity contribution is 7.99. The number of thioether (sulfide) groups is 1. The summed E-state index contributed by atoms with van der Waals surface area (Å²) in [5, 5.41) is 13.6. The Hall–Kier alpha value is -0.780. The first-order chi connectivity index (χ1) is 7.70. The van der Waals surface area contributed by atoms with E-state index in [0.29, 0.717) is 11.4 Å². The van der Waals surface area contributed by atoms with Crippen LogP contribution in [0.1, 0.15) is 12.8 Å². The highest BCUT2D eigenvalue weighted by Gasteiger charge is 2.29. The molecule has 0 bridgehead atoms. The van der Waals surface area contributed by atoms with Gasteiger partial charge in [-0.25, -0.2) is 0 Å². The quantitative estimate of drug-likeness (QED) is 0.683. The van der Waals surface area contributed by atoms with Crippen molar-refractivity contribution in [3.05, 3.63) is 18.5 Å². The number of nitrogen functional groups attached to an aromatic ring is 1. The molecule has 0 atom stereocenters. The molecule has 0 amide bonds. The van der Waals surface area contributed by atoms with Crippen LogP contribution in [-0.4, -0.2) is 34.5 Å². The molecule has 1 aromatic heterocycles. The van der Waals surface area contributed by atoms with Crippen LogP contribution in [0, 0.1) is 0 Å². The largest absolute Gasteiger partial charge is 0.397 e. The average molecular weight is 239 g/mol. The maximum atomic E-state index is 10.3. The zero-order valence-corrected chi connectivity index (χ0v) is 9.96. The van der Waals surface area contributed by atoms with Crippen LogP contribution in [0.5, 0.6) is 0 Å². The first kappa shape index (κ1) is 11.7. The summed E-state index contributed by atoms with van der Waals surface area (Å²) in [6.45, 7) is 1.78. The van der Waals surface area contributed by atoms with Crippen LogP contribution in [0.25, 0.3) is 0 Å². The molecule has 16 heavy (non-hydrogen) atoms. The molecule has 1 aromatic rings. The van der Waals surface area contributed by atoms with E-state index in [4.69, 9.17) is 5.73 Å². The fraction of sp³-hybridized carbons (Fsp3) is 0.545. The van der Waals surface area contributed by atoms with Crippen molar-refractivity contribution >= 4 is 17.4 Å². The summed E-state index contributed by atoms with van der Waals surface area (Å²) < 4.78 is 0. The first-order valence-electron chi connectivity index (χ1n) is 5.45. The molecule has 2 rings (SSSR count). The van der Waals surface area contributed by atoms with Crippen LogP contribution in [0.15, 0.2) is 23.4 Å². The predicted molar refractivity (Wildman–Crippen MR) is 66.4 cm³/mol. The number of piperidine rings is 1. The molecular weight excluding hydrogens is 222 g/mol. The van der Waals surface area contributed by atoms with Crippen molar-refractivity contribution in [3.63, 3.8) is 0 Å². The predicted octanol–water partition coefficient (Wildman–Crippen LogP) is 0.870. The molecule has 4 N–H and O–H groups in total. The molecule has 1 aliphatic heterocycles. The molecule has 0 aliphatic carbocycles. The van der Waals surface area contributed by atoms with Gasteiger partial charge in [-0.15, -0.1) is 11.8 Å². The molecule has 1 aliphatic rings. The maximum Gasteiger partial charge on any atom is 0.0765 e. The smallest absolute Gasteiger partial charge is 0.0765 e. The summed E-state index contributed by atoms with van der Waals surface area (Å²) >= 11 is 1.61. The van der Waals surface area contributed by atoms with Crippen molar-refractivity contribution in [2.75, 3.05) is 24.6 Å². The number of nitrogens with two attached hydrogens (primary N) is 1. The molecule has 2 heterocycles. The Morgan fingerprint density at radius 3 is 2.94 bits per heavy atom. The maximum absolute atomic E-state index is 10.3. The Balaban J connectivity index is 1.94. The number of nitrogens with one attached hydrogen (secondary N) is 1. The van der Waals surface area contributed by atoms with Gasteiger partial charge in [-0.1, -0.05) is 0 Å². The van der Waals surface area contributed by atoms with Gasteiger partial charge in [-0.3, -0.25) is 4.98 Å². The van der Waals surface area contributed by atoms with Gasteiger partial charge in [0.25, 0.3) is 0 Å². The van der Waals surface area contributed by atoms with Gasteiger partial charge in [0.15, 0.2) is 0 Å². The number of aromatic nitrogens is 1. The minimum atomic E-state index is -0.550. The van der Waals surface area contributed by atoms with Crippen molar-refractivity contribution in [2.45, 2.75) is 23.3 Å². The number of hydrogen-bond acceptors (Lipinski definition) is 5. The lowest BCUT2D eigenvalue weighted by atomic mass is 9.95. The fourth-order valence-electron chi connectivity index (χ4n) is 1.77. The van der Waals surface area contributed by atoms with E-state index in [1.165, 1.54) is 0 Å². The molecule has 5 heteroatoms. The van der Waals surface area contributed by atoms with E-state index in [-0.39, 0.29) is 0 Å². The number of hydrogen-bond donors (Lipinski definition) is 3. The number of pyridine rings is 1. The first-order valence-corrected chi connectivity index (χ1v) is 6.44. The third kappa shape index (κ3) is 2.87. The summed E-state index contributed by atoms with van der Waals surface area (Å²) in [6, 6.07) is 1.89. The second kappa shape index (κ2) is 5.03. The van der Waals surface area contributed by atoms with E-state index in [1.54, 1.807) is 24.2 Å². The molecule has 0 saturated carbocycles. The number of rotatable bonds is 3. The third-order valence-electron chi connectivity index (χ3n) is 2.84. The van der Waals surface area contributed by atoms with E-state index in [2.05, 4.69) is 10.3 Å². The highest BCUT2D eigenvalue weighted by atomic mass is 32.2. The summed E-state index contributed by atoms with van der Waals surface area (Å²) in [6.07, 6.45) is 5.00. The van der Waals surface area contributed by atoms with Crippen LogP contribution in [0.4, 0.5) is 5.69 Å². The Morgan fingerprint density at radius 2 is 2.25 bits per heavy atom. The zero-order valence-electron chi connectivity index (χ0n) is 9.15. The number of anilines is 1. The molecule has 0 unspecified atom stereocenters. The van der Waals surface area contributed by atoms with E-state index >= 15 is 0 Å². The normalized spacial score (nSPS) is 19.6.